The van der Waals surface area contributed by atoms with Gasteiger partial charge in [0.25, 0.3) is 0 Å². The minimum absolute atomic E-state index is 0.110. The number of ether oxygens (including phenoxy) is 1. The SMILES string of the molecule is CC(C)(C)[C@H](NC(=O)C(NC(=O)OCC1c2ccccc2-c2ccccc21)c1cccs1)C(=O)O. The molecule has 0 fully saturated rings. The minimum atomic E-state index is -1.14. The van der Waals surface area contributed by atoms with Crippen LogP contribution in [0.2, 0.25) is 0 Å². The van der Waals surface area contributed by atoms with Gasteiger partial charge in [0.1, 0.15) is 18.7 Å². The van der Waals surface area contributed by atoms with E-state index < -0.39 is 35.5 Å². The molecule has 1 aliphatic rings. The number of benzene rings is 2. The van der Waals surface area contributed by atoms with Gasteiger partial charge >= 0.3 is 12.1 Å². The predicted octanol–water partition coefficient (Wildman–Crippen LogP) is 4.94. The highest BCUT2D eigenvalue weighted by Gasteiger charge is 2.36. The summed E-state index contributed by atoms with van der Waals surface area (Å²) in [7, 11) is 0. The van der Waals surface area contributed by atoms with Crippen molar-refractivity contribution in [2.24, 2.45) is 5.41 Å². The van der Waals surface area contributed by atoms with Gasteiger partial charge in [-0.05, 0) is 39.1 Å². The monoisotopic (exact) mass is 492 g/mol. The number of carboxylic acids is 1. The van der Waals surface area contributed by atoms with E-state index >= 15 is 0 Å². The van der Waals surface area contributed by atoms with Crippen molar-refractivity contribution in [3.05, 3.63) is 82.0 Å². The van der Waals surface area contributed by atoms with Crippen LogP contribution in [0.5, 0.6) is 0 Å². The van der Waals surface area contributed by atoms with Crippen molar-refractivity contribution in [1.82, 2.24) is 10.6 Å². The van der Waals surface area contributed by atoms with E-state index in [2.05, 4.69) is 22.8 Å². The standard InChI is InChI=1S/C27H28N2O5S/c1-27(2,3)23(25(31)32)29-24(30)22(21-13-8-14-35-21)28-26(33)34-15-20-18-11-6-4-9-16(18)17-10-5-7-12-19(17)20/h4-14,20,22-23H,15H2,1-3H3,(H,28,33)(H,29,30)(H,31,32)/t22?,23-/m1/s1. The zero-order valence-corrected chi connectivity index (χ0v) is 20.6. The zero-order chi connectivity index (χ0) is 25.2. The Balaban J connectivity index is 1.48. The van der Waals surface area contributed by atoms with Gasteiger partial charge in [-0.15, -0.1) is 11.3 Å². The number of rotatable bonds is 7. The normalized spacial score (nSPS) is 14.4. The van der Waals surface area contributed by atoms with Gasteiger partial charge in [-0.3, -0.25) is 4.79 Å². The molecule has 0 saturated carbocycles. The molecule has 0 spiro atoms. The van der Waals surface area contributed by atoms with Crippen LogP contribution in [0.1, 0.15) is 48.7 Å². The molecule has 0 aliphatic heterocycles. The summed E-state index contributed by atoms with van der Waals surface area (Å²) in [6.07, 6.45) is -0.747. The summed E-state index contributed by atoms with van der Waals surface area (Å²) in [6, 6.07) is 17.3. The number of amides is 2. The molecule has 0 bridgehead atoms. The van der Waals surface area contributed by atoms with Gasteiger partial charge in [-0.1, -0.05) is 75.4 Å². The molecule has 2 aromatic carbocycles. The molecule has 1 aliphatic carbocycles. The molecule has 3 N–H and O–H groups in total. The molecule has 4 rings (SSSR count). The number of hydrogen-bond donors (Lipinski definition) is 3. The molecule has 1 heterocycles. The number of alkyl carbamates (subject to hydrolysis) is 1. The minimum Gasteiger partial charge on any atom is -0.480 e. The van der Waals surface area contributed by atoms with Crippen LogP contribution in [-0.4, -0.2) is 35.7 Å². The number of carboxylic acid groups (broad SMARTS) is 1. The summed E-state index contributed by atoms with van der Waals surface area (Å²) in [5, 5.41) is 16.6. The smallest absolute Gasteiger partial charge is 0.408 e. The summed E-state index contributed by atoms with van der Waals surface area (Å²) >= 11 is 1.29. The third-order valence-corrected chi connectivity index (χ3v) is 7.03. The fourth-order valence-corrected chi connectivity index (χ4v) is 5.13. The molecule has 2 amide bonds. The molecule has 182 valence electrons. The Hall–Kier alpha value is -3.65. The van der Waals surface area contributed by atoms with Gasteiger partial charge in [-0.2, -0.15) is 0 Å². The second-order valence-electron chi connectivity index (χ2n) is 9.56. The molecule has 3 aromatic rings. The van der Waals surface area contributed by atoms with Crippen molar-refractivity contribution in [3.8, 4) is 11.1 Å². The lowest BCUT2D eigenvalue weighted by molar-refractivity contribution is -0.145. The maximum absolute atomic E-state index is 13.1. The average Bonchev–Trinajstić information content (AvgIpc) is 3.45. The molecule has 0 saturated heterocycles. The van der Waals surface area contributed by atoms with Gasteiger partial charge in [-0.25, -0.2) is 9.59 Å². The van der Waals surface area contributed by atoms with E-state index in [1.54, 1.807) is 38.3 Å². The third kappa shape index (κ3) is 5.22. The van der Waals surface area contributed by atoms with E-state index in [1.165, 1.54) is 11.3 Å². The highest BCUT2D eigenvalue weighted by Crippen LogP contribution is 2.44. The molecule has 35 heavy (non-hydrogen) atoms. The molecule has 0 radical (unpaired) electrons. The second-order valence-corrected chi connectivity index (χ2v) is 10.5. The van der Waals surface area contributed by atoms with E-state index in [9.17, 15) is 19.5 Å². The quantitative estimate of drug-likeness (QED) is 0.433. The van der Waals surface area contributed by atoms with Gasteiger partial charge in [0.2, 0.25) is 5.91 Å². The molecule has 1 unspecified atom stereocenters. The molecular weight excluding hydrogens is 464 g/mol. The van der Waals surface area contributed by atoms with Crippen LogP contribution >= 0.6 is 11.3 Å². The number of hydrogen-bond acceptors (Lipinski definition) is 5. The zero-order valence-electron chi connectivity index (χ0n) is 19.8. The first kappa shape index (κ1) is 24.5. The third-order valence-electron chi connectivity index (χ3n) is 6.10. The van der Waals surface area contributed by atoms with Crippen LogP contribution in [0.4, 0.5) is 4.79 Å². The average molecular weight is 493 g/mol. The number of thiophene rings is 1. The Labute approximate surface area is 208 Å². The van der Waals surface area contributed by atoms with E-state index in [4.69, 9.17) is 4.74 Å². The van der Waals surface area contributed by atoms with Crippen LogP contribution in [0.15, 0.2) is 66.0 Å². The topological polar surface area (TPSA) is 105 Å². The molecule has 8 heteroatoms. The molecule has 7 nitrogen and oxygen atoms in total. The first-order valence-corrected chi connectivity index (χ1v) is 12.2. The lowest BCUT2D eigenvalue weighted by atomic mass is 9.86. The van der Waals surface area contributed by atoms with Crippen molar-refractivity contribution < 1.29 is 24.2 Å². The lowest BCUT2D eigenvalue weighted by Crippen LogP contribution is -2.52. The summed E-state index contributed by atoms with van der Waals surface area (Å²) in [5.74, 6) is -1.86. The summed E-state index contributed by atoms with van der Waals surface area (Å²) in [6.45, 7) is 5.29. The van der Waals surface area contributed by atoms with Crippen molar-refractivity contribution in [1.29, 1.82) is 0 Å². The van der Waals surface area contributed by atoms with Crippen molar-refractivity contribution in [3.63, 3.8) is 0 Å². The van der Waals surface area contributed by atoms with Crippen molar-refractivity contribution >= 4 is 29.3 Å². The maximum atomic E-state index is 13.1. The van der Waals surface area contributed by atoms with Gasteiger partial charge in [0.05, 0.1) is 0 Å². The van der Waals surface area contributed by atoms with Crippen molar-refractivity contribution in [2.75, 3.05) is 6.61 Å². The first-order chi connectivity index (χ1) is 16.7. The number of carbonyl (C=O) groups is 3. The van der Waals surface area contributed by atoms with Crippen LogP contribution in [-0.2, 0) is 14.3 Å². The van der Waals surface area contributed by atoms with Crippen molar-refractivity contribution in [2.45, 2.75) is 38.8 Å². The number of carbonyl (C=O) groups excluding carboxylic acids is 2. The highest BCUT2D eigenvalue weighted by molar-refractivity contribution is 7.10. The van der Waals surface area contributed by atoms with E-state index in [0.29, 0.717) is 4.88 Å². The second kappa shape index (κ2) is 9.92. The van der Waals surface area contributed by atoms with Crippen LogP contribution in [0.25, 0.3) is 11.1 Å². The maximum Gasteiger partial charge on any atom is 0.408 e. The van der Waals surface area contributed by atoms with Crippen LogP contribution < -0.4 is 10.6 Å². The summed E-state index contributed by atoms with van der Waals surface area (Å²) < 4.78 is 5.60. The van der Waals surface area contributed by atoms with Gasteiger partial charge in [0, 0.05) is 10.8 Å². The fourth-order valence-electron chi connectivity index (χ4n) is 4.35. The largest absolute Gasteiger partial charge is 0.480 e. The predicted molar refractivity (Wildman–Crippen MR) is 134 cm³/mol. The lowest BCUT2D eigenvalue weighted by Gasteiger charge is -2.29. The van der Waals surface area contributed by atoms with E-state index in [0.717, 1.165) is 22.3 Å². The van der Waals surface area contributed by atoms with E-state index in [-0.39, 0.29) is 12.5 Å². The van der Waals surface area contributed by atoms with Gasteiger partial charge in [0.15, 0.2) is 0 Å². The Morgan fingerprint density at radius 3 is 2.06 bits per heavy atom. The van der Waals surface area contributed by atoms with Gasteiger partial charge < -0.3 is 20.5 Å². The number of aliphatic carboxylic acids is 1. The molecule has 1 aromatic heterocycles. The Kier molecular flexibility index (Phi) is 6.93. The van der Waals surface area contributed by atoms with E-state index in [1.807, 2.05) is 36.4 Å². The Morgan fingerprint density at radius 2 is 1.54 bits per heavy atom. The number of fused-ring (bicyclic) bond motifs is 3. The van der Waals surface area contributed by atoms with Crippen LogP contribution in [0.3, 0.4) is 0 Å². The summed E-state index contributed by atoms with van der Waals surface area (Å²) in [4.78, 5) is 38.2. The summed E-state index contributed by atoms with van der Waals surface area (Å²) in [5.41, 5.74) is 3.70. The number of nitrogens with one attached hydrogen (secondary N) is 2. The Bertz CT molecular complexity index is 1190. The Morgan fingerprint density at radius 1 is 0.943 bits per heavy atom. The first-order valence-electron chi connectivity index (χ1n) is 11.3. The highest BCUT2D eigenvalue weighted by atomic mass is 32.1. The van der Waals surface area contributed by atoms with Crippen LogP contribution in [0, 0.1) is 5.41 Å². The fraction of sp³-hybridized carbons (Fsp3) is 0.296. The molecular formula is C27H28N2O5S. The molecule has 2 atom stereocenters.